The van der Waals surface area contributed by atoms with Crippen molar-refractivity contribution < 1.29 is 0 Å². The summed E-state index contributed by atoms with van der Waals surface area (Å²) in [7, 11) is 0. The zero-order valence-electron chi connectivity index (χ0n) is 14.4. The van der Waals surface area contributed by atoms with Crippen molar-refractivity contribution >= 4 is 0 Å². The van der Waals surface area contributed by atoms with Crippen molar-refractivity contribution in [3.05, 3.63) is 35.9 Å². The highest BCUT2D eigenvalue weighted by Crippen LogP contribution is 2.44. The maximum atomic E-state index is 2.40. The molecule has 0 fully saturated rings. The van der Waals surface area contributed by atoms with E-state index in [-0.39, 0.29) is 0 Å². The van der Waals surface area contributed by atoms with Gasteiger partial charge in [-0.05, 0) is 28.7 Å². The summed E-state index contributed by atoms with van der Waals surface area (Å²) in [4.78, 5) is 0. The van der Waals surface area contributed by atoms with E-state index in [1.54, 1.807) is 0 Å². The summed E-state index contributed by atoms with van der Waals surface area (Å²) in [5.41, 5.74) is 2.25. The molecule has 0 amide bonds. The van der Waals surface area contributed by atoms with Gasteiger partial charge in [-0.1, -0.05) is 92.1 Å². The molecule has 1 aromatic carbocycles. The normalized spacial score (nSPS) is 13.5. The average Bonchev–Trinajstić information content (AvgIpc) is 2.38. The molecule has 110 valence electrons. The molecule has 0 heteroatoms. The molecular formula is C19H34. The summed E-state index contributed by atoms with van der Waals surface area (Å²) < 4.78 is 0. The summed E-state index contributed by atoms with van der Waals surface area (Å²) in [6, 6.07) is 11.0. The molecule has 1 atom stereocenters. The van der Waals surface area contributed by atoms with E-state index in [0.717, 1.165) is 0 Å². The third-order valence-corrected chi connectivity index (χ3v) is 3.87. The predicted octanol–water partition coefficient (Wildman–Crippen LogP) is 6.67. The fraction of sp³-hybridized carbons (Fsp3) is 0.684. The first-order valence-corrected chi connectivity index (χ1v) is 7.81. The van der Waals surface area contributed by atoms with Gasteiger partial charge in [0.05, 0.1) is 0 Å². The van der Waals surface area contributed by atoms with Crippen LogP contribution < -0.4 is 0 Å². The Kier molecular flexibility index (Phi) is 7.41. The lowest BCUT2D eigenvalue weighted by molar-refractivity contribution is 0.203. The van der Waals surface area contributed by atoms with Crippen LogP contribution in [0.15, 0.2) is 30.3 Å². The number of hydrogen-bond donors (Lipinski definition) is 0. The van der Waals surface area contributed by atoms with Crippen LogP contribution in [0.2, 0.25) is 0 Å². The van der Waals surface area contributed by atoms with Crippen molar-refractivity contribution in [2.24, 2.45) is 10.8 Å². The van der Waals surface area contributed by atoms with Gasteiger partial charge in [0, 0.05) is 0 Å². The highest BCUT2D eigenvalue weighted by molar-refractivity contribution is 5.22. The zero-order valence-corrected chi connectivity index (χ0v) is 14.4. The first kappa shape index (κ1) is 18.2. The van der Waals surface area contributed by atoms with Gasteiger partial charge >= 0.3 is 0 Å². The Balaban J connectivity index is 0.00000154. The molecule has 0 aliphatic heterocycles. The molecule has 0 aromatic heterocycles. The summed E-state index contributed by atoms with van der Waals surface area (Å²) in [6.07, 6.45) is 2.47. The Morgan fingerprint density at radius 1 is 0.895 bits per heavy atom. The van der Waals surface area contributed by atoms with Crippen LogP contribution in [0.4, 0.5) is 0 Å². The highest BCUT2D eigenvalue weighted by atomic mass is 14.4. The molecule has 0 spiro atoms. The van der Waals surface area contributed by atoms with Gasteiger partial charge in [0.25, 0.3) is 0 Å². The second-order valence-corrected chi connectivity index (χ2v) is 7.07. The first-order chi connectivity index (χ1) is 8.76. The second kappa shape index (κ2) is 7.72. The number of rotatable bonds is 4. The van der Waals surface area contributed by atoms with E-state index in [4.69, 9.17) is 0 Å². The molecule has 0 bridgehead atoms. The van der Waals surface area contributed by atoms with Gasteiger partial charge in [0.15, 0.2) is 0 Å². The molecule has 0 aliphatic rings. The van der Waals surface area contributed by atoms with Crippen LogP contribution in [0.1, 0.15) is 79.7 Å². The first-order valence-electron chi connectivity index (χ1n) is 7.81. The average molecular weight is 262 g/mol. The molecule has 1 unspecified atom stereocenters. The third-order valence-electron chi connectivity index (χ3n) is 3.87. The van der Waals surface area contributed by atoms with Crippen LogP contribution >= 0.6 is 0 Å². The molecule has 0 heterocycles. The van der Waals surface area contributed by atoms with Crippen molar-refractivity contribution in [1.29, 1.82) is 0 Å². The second-order valence-electron chi connectivity index (χ2n) is 7.07. The third kappa shape index (κ3) is 6.27. The van der Waals surface area contributed by atoms with Gasteiger partial charge in [-0.25, -0.2) is 0 Å². The Morgan fingerprint density at radius 2 is 1.37 bits per heavy atom. The molecule has 0 N–H and O–H groups in total. The molecule has 0 saturated heterocycles. The Hall–Kier alpha value is -0.780. The Morgan fingerprint density at radius 3 is 1.74 bits per heavy atom. The van der Waals surface area contributed by atoms with Crippen molar-refractivity contribution in [3.8, 4) is 0 Å². The van der Waals surface area contributed by atoms with E-state index in [1.165, 1.54) is 18.4 Å². The number of benzene rings is 1. The maximum absolute atomic E-state index is 2.40. The molecule has 0 aliphatic carbocycles. The van der Waals surface area contributed by atoms with E-state index < -0.39 is 0 Å². The lowest BCUT2D eigenvalue weighted by atomic mass is 9.67. The van der Waals surface area contributed by atoms with Gasteiger partial charge in [0.1, 0.15) is 0 Å². The predicted molar refractivity (Wildman–Crippen MR) is 88.7 cm³/mol. The summed E-state index contributed by atoms with van der Waals surface area (Å²) in [5.74, 6) is 0.647. The molecule has 0 nitrogen and oxygen atoms in total. The van der Waals surface area contributed by atoms with Gasteiger partial charge in [-0.3, -0.25) is 0 Å². The fourth-order valence-electron chi connectivity index (χ4n) is 2.39. The zero-order chi connectivity index (χ0) is 15.1. The summed E-state index contributed by atoms with van der Waals surface area (Å²) in [6.45, 7) is 18.1. The minimum absolute atomic E-state index is 0.370. The monoisotopic (exact) mass is 262 g/mol. The number of hydrogen-bond acceptors (Lipinski definition) is 0. The maximum Gasteiger partial charge on any atom is -0.0106 e. The molecular weight excluding hydrogens is 228 g/mol. The van der Waals surface area contributed by atoms with Crippen LogP contribution in [0.25, 0.3) is 0 Å². The lowest BCUT2D eigenvalue weighted by Gasteiger charge is -2.38. The van der Waals surface area contributed by atoms with Gasteiger partial charge in [0.2, 0.25) is 0 Å². The van der Waals surface area contributed by atoms with E-state index in [9.17, 15) is 0 Å². The van der Waals surface area contributed by atoms with E-state index in [0.29, 0.717) is 16.7 Å². The largest absolute Gasteiger partial charge is 0.0683 e. The van der Waals surface area contributed by atoms with Gasteiger partial charge in [-0.2, -0.15) is 0 Å². The quantitative estimate of drug-likeness (QED) is 0.568. The van der Waals surface area contributed by atoms with Crippen LogP contribution in [0.5, 0.6) is 0 Å². The topological polar surface area (TPSA) is 0 Å². The molecule has 0 radical (unpaired) electrons. The SMILES string of the molecule is CC.CCC(C)(C)C(CC(C)(C)C)c1ccccc1. The molecule has 1 aromatic rings. The molecule has 1 rings (SSSR count). The van der Waals surface area contributed by atoms with Gasteiger partial charge < -0.3 is 0 Å². The minimum atomic E-state index is 0.370. The molecule has 0 saturated carbocycles. The summed E-state index contributed by atoms with van der Waals surface area (Å²) >= 11 is 0. The minimum Gasteiger partial charge on any atom is -0.0683 e. The van der Waals surface area contributed by atoms with Crippen molar-refractivity contribution in [3.63, 3.8) is 0 Å². The van der Waals surface area contributed by atoms with E-state index in [1.807, 2.05) is 13.8 Å². The smallest absolute Gasteiger partial charge is 0.0106 e. The van der Waals surface area contributed by atoms with Crippen molar-refractivity contribution in [1.82, 2.24) is 0 Å². The Bertz CT molecular complexity index is 327. The van der Waals surface area contributed by atoms with Crippen molar-refractivity contribution in [2.45, 2.75) is 74.1 Å². The molecule has 19 heavy (non-hydrogen) atoms. The lowest BCUT2D eigenvalue weighted by Crippen LogP contribution is -2.25. The highest BCUT2D eigenvalue weighted by Gasteiger charge is 2.32. The van der Waals surface area contributed by atoms with Gasteiger partial charge in [-0.15, -0.1) is 0 Å². The van der Waals surface area contributed by atoms with Crippen LogP contribution in [-0.4, -0.2) is 0 Å². The van der Waals surface area contributed by atoms with E-state index in [2.05, 4.69) is 71.9 Å². The van der Waals surface area contributed by atoms with Crippen LogP contribution in [0.3, 0.4) is 0 Å². The standard InChI is InChI=1S/C17H28.C2H6/c1-7-17(5,6)15(13-16(2,3)4)14-11-9-8-10-12-14;1-2/h8-12,15H,7,13H2,1-6H3;1-2H3. The summed E-state index contributed by atoms with van der Waals surface area (Å²) in [5, 5.41) is 0. The van der Waals surface area contributed by atoms with Crippen LogP contribution in [-0.2, 0) is 0 Å². The van der Waals surface area contributed by atoms with Crippen molar-refractivity contribution in [2.75, 3.05) is 0 Å². The fourth-order valence-corrected chi connectivity index (χ4v) is 2.39. The van der Waals surface area contributed by atoms with Crippen LogP contribution in [0, 0.1) is 10.8 Å². The Labute approximate surface area is 121 Å². The van der Waals surface area contributed by atoms with E-state index >= 15 is 0 Å².